The van der Waals surface area contributed by atoms with Gasteiger partial charge >= 0.3 is 0 Å². The van der Waals surface area contributed by atoms with Gasteiger partial charge in [-0.2, -0.15) is 0 Å². The second kappa shape index (κ2) is 18.9. The van der Waals surface area contributed by atoms with Crippen LogP contribution in [0.15, 0.2) is 54.1 Å². The molecule has 7 heteroatoms. The number of halogens is 1. The maximum atomic E-state index is 12.4. The van der Waals surface area contributed by atoms with E-state index in [-0.39, 0.29) is 12.5 Å². The molecule has 0 radical (unpaired) electrons. The molecular weight excluding hydrogens is 528 g/mol. The monoisotopic (exact) mass is 572 g/mol. The van der Waals surface area contributed by atoms with Gasteiger partial charge in [-0.25, -0.2) is 0 Å². The first-order valence-corrected chi connectivity index (χ1v) is 16.0. The van der Waals surface area contributed by atoms with Crippen LogP contribution in [0, 0.1) is 0 Å². The summed E-state index contributed by atoms with van der Waals surface area (Å²) in [6.45, 7) is 3.70. The number of unbranched alkanes of at least 4 members (excludes halogenated alkanes) is 11. The van der Waals surface area contributed by atoms with Gasteiger partial charge in [-0.3, -0.25) is 4.79 Å². The summed E-state index contributed by atoms with van der Waals surface area (Å²) in [6.07, 6.45) is 18.0. The summed E-state index contributed by atoms with van der Waals surface area (Å²) < 4.78 is 11.5. The predicted molar refractivity (Wildman–Crippen MR) is 166 cm³/mol. The van der Waals surface area contributed by atoms with Crippen LogP contribution in [0.25, 0.3) is 0 Å². The quantitative estimate of drug-likeness (QED) is 0.160. The van der Waals surface area contributed by atoms with Crippen LogP contribution in [0.2, 0.25) is 5.02 Å². The zero-order valence-corrected chi connectivity index (χ0v) is 25.0. The number of nitrogens with one attached hydrogen (secondary N) is 1. The lowest BCUT2D eigenvalue weighted by Crippen LogP contribution is -2.20. The van der Waals surface area contributed by atoms with Gasteiger partial charge in [-0.15, -0.1) is 11.8 Å². The zero-order valence-electron chi connectivity index (χ0n) is 23.5. The Morgan fingerprint density at radius 3 is 2.18 bits per heavy atom. The molecule has 1 amide bonds. The first-order valence-electron chi connectivity index (χ1n) is 14.6. The maximum absolute atomic E-state index is 12.4. The van der Waals surface area contributed by atoms with Crippen LogP contribution < -0.4 is 14.8 Å². The highest BCUT2D eigenvalue weighted by molar-refractivity contribution is 8.02. The Morgan fingerprint density at radius 1 is 0.897 bits per heavy atom. The van der Waals surface area contributed by atoms with Gasteiger partial charge in [-0.05, 0) is 41.7 Å². The van der Waals surface area contributed by atoms with E-state index in [4.69, 9.17) is 21.1 Å². The highest BCUT2D eigenvalue weighted by atomic mass is 35.5. The molecule has 5 nitrogen and oxygen atoms in total. The van der Waals surface area contributed by atoms with Crippen molar-refractivity contribution in [1.82, 2.24) is 4.90 Å². The fourth-order valence-corrected chi connectivity index (χ4v) is 5.44. The maximum Gasteiger partial charge on any atom is 0.262 e. The lowest BCUT2D eigenvalue weighted by atomic mass is 10.1. The first kappa shape index (κ1) is 31.2. The Morgan fingerprint density at radius 2 is 1.56 bits per heavy atom. The zero-order chi connectivity index (χ0) is 27.5. The van der Waals surface area contributed by atoms with Crippen molar-refractivity contribution in [1.29, 1.82) is 0 Å². The molecule has 39 heavy (non-hydrogen) atoms. The molecule has 0 bridgehead atoms. The molecule has 3 rings (SSSR count). The standard InChI is InChI=1S/C32H45ClN2O3S/c1-2-3-4-5-6-7-8-9-10-11-12-13-21-37-29-18-19-31(30(33)23-29)38-25-32(36)34-28-16-14-27(15-17-28)24-35-20-22-39-26-35/h14-20,22-23H,2-13,21,24-26H2,1H3,(H,34,36). The molecule has 1 N–H and O–H groups in total. The van der Waals surface area contributed by atoms with E-state index in [0.717, 1.165) is 30.3 Å². The van der Waals surface area contributed by atoms with Gasteiger partial charge in [0.15, 0.2) is 6.61 Å². The van der Waals surface area contributed by atoms with Crippen molar-refractivity contribution in [2.24, 2.45) is 0 Å². The summed E-state index contributed by atoms with van der Waals surface area (Å²) in [6, 6.07) is 13.2. The van der Waals surface area contributed by atoms with Crippen molar-refractivity contribution in [2.75, 3.05) is 24.4 Å². The number of hydrogen-bond acceptors (Lipinski definition) is 5. The van der Waals surface area contributed by atoms with E-state index in [1.807, 2.05) is 30.3 Å². The van der Waals surface area contributed by atoms with E-state index in [2.05, 4.69) is 28.7 Å². The Labute approximate surface area is 244 Å². The van der Waals surface area contributed by atoms with E-state index < -0.39 is 0 Å². The summed E-state index contributed by atoms with van der Waals surface area (Å²) >= 11 is 8.16. The minimum absolute atomic E-state index is 0.115. The van der Waals surface area contributed by atoms with Crippen molar-refractivity contribution >= 4 is 35.0 Å². The lowest BCUT2D eigenvalue weighted by Gasteiger charge is -2.15. The predicted octanol–water partition coefficient (Wildman–Crippen LogP) is 9.41. The number of carbonyl (C=O) groups is 1. The molecule has 0 aliphatic carbocycles. The van der Waals surface area contributed by atoms with Crippen LogP contribution in [0.4, 0.5) is 5.69 Å². The van der Waals surface area contributed by atoms with Crippen LogP contribution in [0.1, 0.15) is 89.5 Å². The molecule has 1 aliphatic heterocycles. The molecule has 0 saturated heterocycles. The van der Waals surface area contributed by atoms with E-state index >= 15 is 0 Å². The Bertz CT molecular complexity index is 999. The SMILES string of the molecule is CCCCCCCCCCCCCCOc1ccc(OCC(=O)Nc2ccc(CN3C=CSC3)cc2)c(Cl)c1. The smallest absolute Gasteiger partial charge is 0.262 e. The summed E-state index contributed by atoms with van der Waals surface area (Å²) in [5.74, 6) is 1.94. The van der Waals surface area contributed by atoms with Gasteiger partial charge in [-0.1, -0.05) is 101 Å². The van der Waals surface area contributed by atoms with Gasteiger partial charge in [0.05, 0.1) is 17.5 Å². The molecular formula is C32H45ClN2O3S. The molecule has 0 atom stereocenters. The molecule has 0 saturated carbocycles. The third-order valence-corrected chi connectivity index (χ3v) is 7.85. The molecule has 2 aromatic rings. The molecule has 0 fully saturated rings. The van der Waals surface area contributed by atoms with Crippen molar-refractivity contribution < 1.29 is 14.3 Å². The average molecular weight is 573 g/mol. The first-order chi connectivity index (χ1) is 19.1. The number of benzene rings is 2. The van der Waals surface area contributed by atoms with Crippen molar-refractivity contribution in [3.05, 3.63) is 64.7 Å². The largest absolute Gasteiger partial charge is 0.494 e. The Balaban J connectivity index is 1.23. The molecule has 0 aromatic heterocycles. The fraction of sp³-hybridized carbons (Fsp3) is 0.531. The van der Waals surface area contributed by atoms with Gasteiger partial charge in [0, 0.05) is 24.5 Å². The minimum atomic E-state index is -0.231. The Kier molecular flexibility index (Phi) is 15.1. The second-order valence-electron chi connectivity index (χ2n) is 10.2. The number of hydrogen-bond donors (Lipinski definition) is 1. The summed E-state index contributed by atoms with van der Waals surface area (Å²) in [5, 5.41) is 5.41. The van der Waals surface area contributed by atoms with Gasteiger partial charge in [0.25, 0.3) is 5.91 Å². The lowest BCUT2D eigenvalue weighted by molar-refractivity contribution is -0.118. The van der Waals surface area contributed by atoms with Gasteiger partial charge < -0.3 is 19.7 Å². The molecule has 214 valence electrons. The van der Waals surface area contributed by atoms with E-state index in [0.29, 0.717) is 17.4 Å². The van der Waals surface area contributed by atoms with Crippen LogP contribution in [-0.4, -0.2) is 29.9 Å². The number of anilines is 1. The average Bonchev–Trinajstić information content (AvgIpc) is 3.45. The number of ether oxygens (including phenoxy) is 2. The highest BCUT2D eigenvalue weighted by Gasteiger charge is 2.09. The van der Waals surface area contributed by atoms with E-state index in [1.165, 1.54) is 76.2 Å². The number of rotatable bonds is 20. The summed E-state index contributed by atoms with van der Waals surface area (Å²) in [4.78, 5) is 14.6. The number of carbonyl (C=O) groups excluding carboxylic acids is 1. The van der Waals surface area contributed by atoms with E-state index in [9.17, 15) is 4.79 Å². The van der Waals surface area contributed by atoms with Crippen LogP contribution in [0.3, 0.4) is 0 Å². The van der Waals surface area contributed by atoms with Crippen LogP contribution >= 0.6 is 23.4 Å². The third kappa shape index (κ3) is 13.1. The van der Waals surface area contributed by atoms with Crippen molar-refractivity contribution in [3.8, 4) is 11.5 Å². The normalized spacial score (nSPS) is 12.6. The summed E-state index contributed by atoms with van der Waals surface area (Å²) in [5.41, 5.74) is 1.94. The van der Waals surface area contributed by atoms with E-state index in [1.54, 1.807) is 23.9 Å². The molecule has 1 heterocycles. The minimum Gasteiger partial charge on any atom is -0.494 e. The number of nitrogens with zero attached hydrogens (tertiary/aromatic N) is 1. The molecule has 1 aliphatic rings. The second-order valence-corrected chi connectivity index (χ2v) is 11.5. The number of thioether (sulfide) groups is 1. The fourth-order valence-electron chi connectivity index (χ4n) is 4.50. The molecule has 0 spiro atoms. The molecule has 2 aromatic carbocycles. The highest BCUT2D eigenvalue weighted by Crippen LogP contribution is 2.29. The van der Waals surface area contributed by atoms with Gasteiger partial charge in [0.2, 0.25) is 0 Å². The van der Waals surface area contributed by atoms with Crippen LogP contribution in [0.5, 0.6) is 11.5 Å². The van der Waals surface area contributed by atoms with Crippen molar-refractivity contribution in [2.45, 2.75) is 90.5 Å². The summed E-state index contributed by atoms with van der Waals surface area (Å²) in [7, 11) is 0. The number of amides is 1. The topological polar surface area (TPSA) is 50.8 Å². The Hall–Kier alpha value is -2.31. The van der Waals surface area contributed by atoms with Gasteiger partial charge in [0.1, 0.15) is 11.5 Å². The molecule has 0 unspecified atom stereocenters. The van der Waals surface area contributed by atoms with Crippen molar-refractivity contribution in [3.63, 3.8) is 0 Å². The third-order valence-electron chi connectivity index (χ3n) is 6.76. The van der Waals surface area contributed by atoms with Crippen LogP contribution in [-0.2, 0) is 11.3 Å².